The summed E-state index contributed by atoms with van der Waals surface area (Å²) in [6, 6.07) is 3.11. The van der Waals surface area contributed by atoms with Crippen molar-refractivity contribution in [3.8, 4) is 6.07 Å². The van der Waals surface area contributed by atoms with Gasteiger partial charge in [0.25, 0.3) is 0 Å². The highest BCUT2D eigenvalue weighted by molar-refractivity contribution is 5.86. The molecule has 0 spiro atoms. The number of esters is 1. The van der Waals surface area contributed by atoms with Gasteiger partial charge in [0.15, 0.2) is 0 Å². The van der Waals surface area contributed by atoms with Gasteiger partial charge in [-0.2, -0.15) is 5.26 Å². The van der Waals surface area contributed by atoms with Crippen molar-refractivity contribution in [2.24, 2.45) is 0 Å². The maximum absolute atomic E-state index is 10.6. The maximum Gasteiger partial charge on any atom is 0.333 e. The van der Waals surface area contributed by atoms with E-state index in [-0.39, 0.29) is 13.0 Å². The van der Waals surface area contributed by atoms with E-state index in [2.05, 4.69) is 44.3 Å². The second-order valence-corrected chi connectivity index (χ2v) is 4.30. The van der Waals surface area contributed by atoms with E-state index in [9.17, 15) is 4.79 Å². The largest absolute Gasteiger partial charge is 0.461 e. The number of ether oxygens (including phenoxy) is 1. The first kappa shape index (κ1) is 18.0. The fourth-order valence-corrected chi connectivity index (χ4v) is 0.979. The molecule has 0 aromatic heterocycles. The molecule has 0 radical (unpaired) electrons. The number of nitrogens with one attached hydrogen (secondary N) is 1. The van der Waals surface area contributed by atoms with Gasteiger partial charge in [0.2, 0.25) is 0 Å². The predicted octanol–water partition coefficient (Wildman–Crippen LogP) is 2.41. The Balaban J connectivity index is 0. The van der Waals surface area contributed by atoms with E-state index in [1.165, 1.54) is 0 Å². The molecule has 0 fully saturated rings. The molecule has 1 N–H and O–H groups in total. The first-order chi connectivity index (χ1) is 7.81. The summed E-state index contributed by atoms with van der Waals surface area (Å²) in [5, 5.41) is 11.4. The molecule has 98 valence electrons. The number of nitriles is 1. The van der Waals surface area contributed by atoms with Gasteiger partial charge >= 0.3 is 5.97 Å². The Hall–Kier alpha value is -1.34. The molecule has 0 unspecified atom stereocenters. The molecule has 0 heterocycles. The van der Waals surface area contributed by atoms with Gasteiger partial charge in [-0.15, -0.1) is 0 Å². The van der Waals surface area contributed by atoms with Crippen molar-refractivity contribution < 1.29 is 9.53 Å². The second-order valence-electron chi connectivity index (χ2n) is 4.30. The summed E-state index contributed by atoms with van der Waals surface area (Å²) in [5.41, 5.74) is 0.359. The lowest BCUT2D eigenvalue weighted by molar-refractivity contribution is -0.138. The number of nitrogens with zero attached hydrogens (tertiary/aromatic N) is 1. The molecule has 0 saturated heterocycles. The smallest absolute Gasteiger partial charge is 0.333 e. The summed E-state index contributed by atoms with van der Waals surface area (Å²) in [6.45, 7) is 13.7. The number of hydrogen-bond donors (Lipinski definition) is 1. The van der Waals surface area contributed by atoms with Crippen molar-refractivity contribution in [3.05, 3.63) is 12.2 Å². The molecule has 0 rings (SSSR count). The number of carbonyl (C=O) groups is 1. The van der Waals surface area contributed by atoms with E-state index in [0.717, 1.165) is 0 Å². The average molecular weight is 240 g/mol. The molecule has 17 heavy (non-hydrogen) atoms. The van der Waals surface area contributed by atoms with Crippen molar-refractivity contribution in [2.45, 2.75) is 53.1 Å². The van der Waals surface area contributed by atoms with Crippen LogP contribution < -0.4 is 5.32 Å². The molecule has 0 amide bonds. The maximum atomic E-state index is 10.6. The molecule has 0 aliphatic heterocycles. The molecule has 0 aliphatic rings. The highest BCUT2D eigenvalue weighted by atomic mass is 16.5. The normalized spacial score (nSPS) is 9.29. The van der Waals surface area contributed by atoms with Crippen molar-refractivity contribution >= 4 is 5.97 Å². The van der Waals surface area contributed by atoms with Crippen LogP contribution in [0.25, 0.3) is 0 Å². The van der Waals surface area contributed by atoms with Crippen LogP contribution >= 0.6 is 0 Å². The summed E-state index contributed by atoms with van der Waals surface area (Å²) >= 11 is 0. The van der Waals surface area contributed by atoms with E-state index < -0.39 is 5.97 Å². The molecule has 0 aromatic rings. The standard InChI is InChI=1S/C7H9NO2.C6H15N/c1-6(2)7(9)10-5-3-4-8;1-5(2)7-6(3)4/h1,3,5H2,2H3;5-7H,1-4H3. The molecule has 4 nitrogen and oxygen atoms in total. The molecular formula is C13H24N2O2. The van der Waals surface area contributed by atoms with E-state index in [0.29, 0.717) is 17.7 Å². The third-order valence-corrected chi connectivity index (χ3v) is 1.46. The Morgan fingerprint density at radius 1 is 1.35 bits per heavy atom. The zero-order valence-corrected chi connectivity index (χ0v) is 11.5. The van der Waals surface area contributed by atoms with Crippen LogP contribution in [0.15, 0.2) is 12.2 Å². The van der Waals surface area contributed by atoms with Crippen LogP contribution in [0.2, 0.25) is 0 Å². The van der Waals surface area contributed by atoms with Crippen LogP contribution in [0, 0.1) is 11.3 Å². The van der Waals surface area contributed by atoms with Gasteiger partial charge in [-0.05, 0) is 6.92 Å². The molecule has 0 bridgehead atoms. The lowest BCUT2D eigenvalue weighted by atomic mass is 10.3. The van der Waals surface area contributed by atoms with Crippen LogP contribution in [0.4, 0.5) is 0 Å². The minimum absolute atomic E-state index is 0.155. The quantitative estimate of drug-likeness (QED) is 0.455. The van der Waals surface area contributed by atoms with E-state index in [1.807, 2.05) is 6.07 Å². The molecule has 0 aliphatic carbocycles. The fraction of sp³-hybridized carbons (Fsp3) is 0.692. The first-order valence-electron chi connectivity index (χ1n) is 5.76. The molecule has 0 aromatic carbocycles. The molecule has 0 saturated carbocycles. The van der Waals surface area contributed by atoms with Crippen molar-refractivity contribution in [1.82, 2.24) is 5.32 Å². The molecular weight excluding hydrogens is 216 g/mol. The van der Waals surface area contributed by atoms with Gasteiger partial charge in [0.1, 0.15) is 6.61 Å². The summed E-state index contributed by atoms with van der Waals surface area (Å²) in [5.74, 6) is -0.435. The Bertz CT molecular complexity index is 259. The third-order valence-electron chi connectivity index (χ3n) is 1.46. The zero-order chi connectivity index (χ0) is 13.8. The molecule has 4 heteroatoms. The Kier molecular flexibility index (Phi) is 11.8. The van der Waals surface area contributed by atoms with Crippen molar-refractivity contribution in [2.75, 3.05) is 6.61 Å². The van der Waals surface area contributed by atoms with Gasteiger partial charge in [-0.25, -0.2) is 4.79 Å². The van der Waals surface area contributed by atoms with Crippen LogP contribution in [0.1, 0.15) is 41.0 Å². The molecule has 0 atom stereocenters. The lowest BCUT2D eigenvalue weighted by Gasteiger charge is -2.10. The highest BCUT2D eigenvalue weighted by Gasteiger charge is 2.00. The number of hydrogen-bond acceptors (Lipinski definition) is 4. The third kappa shape index (κ3) is 17.3. The Labute approximate surface area is 105 Å². The fourth-order valence-electron chi connectivity index (χ4n) is 0.979. The highest BCUT2D eigenvalue weighted by Crippen LogP contribution is 1.92. The summed E-state index contributed by atoms with van der Waals surface area (Å²) in [7, 11) is 0. The minimum Gasteiger partial charge on any atom is -0.461 e. The van der Waals surface area contributed by atoms with Crippen LogP contribution in [0.3, 0.4) is 0 Å². The van der Waals surface area contributed by atoms with E-state index >= 15 is 0 Å². The van der Waals surface area contributed by atoms with E-state index in [4.69, 9.17) is 5.26 Å². The summed E-state index contributed by atoms with van der Waals surface area (Å²) in [4.78, 5) is 10.6. The minimum atomic E-state index is -0.435. The number of carbonyl (C=O) groups excluding carboxylic acids is 1. The summed E-state index contributed by atoms with van der Waals surface area (Å²) < 4.78 is 4.58. The van der Waals surface area contributed by atoms with Crippen LogP contribution in [-0.4, -0.2) is 24.7 Å². The van der Waals surface area contributed by atoms with Crippen molar-refractivity contribution in [3.63, 3.8) is 0 Å². The van der Waals surface area contributed by atoms with Gasteiger partial charge in [-0.3, -0.25) is 0 Å². The van der Waals surface area contributed by atoms with Gasteiger partial charge in [0.05, 0.1) is 12.5 Å². The first-order valence-corrected chi connectivity index (χ1v) is 5.76. The average Bonchev–Trinajstić information content (AvgIpc) is 2.16. The van der Waals surface area contributed by atoms with E-state index in [1.54, 1.807) is 6.92 Å². The van der Waals surface area contributed by atoms with Crippen LogP contribution in [-0.2, 0) is 9.53 Å². The Morgan fingerprint density at radius 3 is 2.06 bits per heavy atom. The monoisotopic (exact) mass is 240 g/mol. The lowest BCUT2D eigenvalue weighted by Crippen LogP contribution is -2.29. The zero-order valence-electron chi connectivity index (χ0n) is 11.5. The van der Waals surface area contributed by atoms with Crippen LogP contribution in [0.5, 0.6) is 0 Å². The second kappa shape index (κ2) is 11.2. The van der Waals surface area contributed by atoms with Gasteiger partial charge < -0.3 is 10.1 Å². The SMILES string of the molecule is C=C(C)C(=O)OCCC#N.CC(C)NC(C)C. The number of rotatable bonds is 5. The van der Waals surface area contributed by atoms with Gasteiger partial charge in [0, 0.05) is 17.7 Å². The topological polar surface area (TPSA) is 62.1 Å². The summed E-state index contributed by atoms with van der Waals surface area (Å²) in [6.07, 6.45) is 0.235. The van der Waals surface area contributed by atoms with Crippen molar-refractivity contribution in [1.29, 1.82) is 5.26 Å². The Morgan fingerprint density at radius 2 is 1.82 bits per heavy atom. The van der Waals surface area contributed by atoms with Gasteiger partial charge in [-0.1, -0.05) is 34.3 Å². The predicted molar refractivity (Wildman–Crippen MR) is 69.4 cm³/mol.